The molecule has 0 spiro atoms. The van der Waals surface area contributed by atoms with Gasteiger partial charge in [-0.05, 0) is 31.5 Å². The number of nitrogens with zero attached hydrogens (tertiary/aromatic N) is 2. The van der Waals surface area contributed by atoms with Crippen molar-refractivity contribution < 1.29 is 24.3 Å². The van der Waals surface area contributed by atoms with Crippen molar-refractivity contribution in [1.82, 2.24) is 4.57 Å². The number of ether oxygens (including phenoxy) is 2. The zero-order valence-corrected chi connectivity index (χ0v) is 20.7. The minimum atomic E-state index is -0.488. The Morgan fingerprint density at radius 2 is 1.89 bits per heavy atom. The van der Waals surface area contributed by atoms with Gasteiger partial charge in [-0.3, -0.25) is 10.1 Å². The van der Waals surface area contributed by atoms with Crippen LogP contribution in [-0.2, 0) is 16.0 Å². The second-order valence-corrected chi connectivity index (χ2v) is 8.71. The molecule has 188 valence electrons. The number of nitro groups is 1. The van der Waals surface area contributed by atoms with Gasteiger partial charge < -0.3 is 24.5 Å². The van der Waals surface area contributed by atoms with Crippen molar-refractivity contribution in [3.63, 3.8) is 0 Å². The zero-order valence-electron chi connectivity index (χ0n) is 19.9. The average molecular weight is 512 g/mol. The lowest BCUT2D eigenvalue weighted by molar-refractivity contribution is -0.383. The predicted molar refractivity (Wildman–Crippen MR) is 139 cm³/mol. The van der Waals surface area contributed by atoms with Crippen LogP contribution in [-0.4, -0.2) is 47.4 Å². The SMILES string of the molecule is COCCOC(=O)c1c(C)n(CCCNc2ccc(Cl)cc2[N+](=O)[O-])c2c1cc(O)c1ccccc12. The number of halogens is 1. The highest BCUT2D eigenvalue weighted by Gasteiger charge is 2.24. The number of rotatable bonds is 10. The number of nitrogens with one attached hydrogen (secondary N) is 1. The molecule has 3 aromatic carbocycles. The Bertz CT molecular complexity index is 1450. The maximum Gasteiger partial charge on any atom is 0.340 e. The van der Waals surface area contributed by atoms with E-state index in [0.717, 1.165) is 10.9 Å². The summed E-state index contributed by atoms with van der Waals surface area (Å²) in [5.74, 6) is -0.407. The standard InChI is InChI=1S/C26H26ClN3O6/c1-16-24(26(32)36-13-12-35-2)20-15-23(31)18-6-3-4-7-19(18)25(20)29(16)11-5-10-28-21-9-8-17(27)14-22(21)30(33)34/h3-4,6-9,14-15,28,31H,5,10-13H2,1-2H3. The average Bonchev–Trinajstić information content (AvgIpc) is 3.13. The van der Waals surface area contributed by atoms with Gasteiger partial charge in [0.15, 0.2) is 0 Å². The van der Waals surface area contributed by atoms with Crippen LogP contribution >= 0.6 is 11.6 Å². The summed E-state index contributed by atoms with van der Waals surface area (Å²) in [6.45, 7) is 3.21. The summed E-state index contributed by atoms with van der Waals surface area (Å²) in [5.41, 5.74) is 2.21. The molecule has 0 unspecified atom stereocenters. The van der Waals surface area contributed by atoms with E-state index in [0.29, 0.717) is 52.3 Å². The van der Waals surface area contributed by atoms with Crippen molar-refractivity contribution in [2.75, 3.05) is 32.2 Å². The van der Waals surface area contributed by atoms with Crippen LogP contribution < -0.4 is 5.32 Å². The van der Waals surface area contributed by atoms with Crippen LogP contribution in [0.15, 0.2) is 48.5 Å². The van der Waals surface area contributed by atoms with E-state index in [2.05, 4.69) is 5.32 Å². The van der Waals surface area contributed by atoms with Crippen LogP contribution in [0, 0.1) is 17.0 Å². The van der Waals surface area contributed by atoms with Gasteiger partial charge in [-0.2, -0.15) is 0 Å². The second kappa shape index (κ2) is 10.8. The number of anilines is 1. The summed E-state index contributed by atoms with van der Waals surface area (Å²) in [7, 11) is 1.53. The quantitative estimate of drug-likeness (QED) is 0.122. The first kappa shape index (κ1) is 25.3. The number of aryl methyl sites for hydroxylation is 1. The zero-order chi connectivity index (χ0) is 25.8. The van der Waals surface area contributed by atoms with Gasteiger partial charge in [-0.1, -0.05) is 35.9 Å². The molecule has 10 heteroatoms. The fourth-order valence-electron chi connectivity index (χ4n) is 4.41. The lowest BCUT2D eigenvalue weighted by atomic mass is 10.0. The van der Waals surface area contributed by atoms with Gasteiger partial charge in [0.25, 0.3) is 5.69 Å². The number of esters is 1. The largest absolute Gasteiger partial charge is 0.507 e. The third-order valence-electron chi connectivity index (χ3n) is 6.06. The minimum absolute atomic E-state index is 0.0814. The highest BCUT2D eigenvalue weighted by atomic mass is 35.5. The molecule has 0 amide bonds. The van der Waals surface area contributed by atoms with Gasteiger partial charge in [0.05, 0.1) is 22.6 Å². The molecule has 2 N–H and O–H groups in total. The van der Waals surface area contributed by atoms with Gasteiger partial charge in [-0.15, -0.1) is 0 Å². The van der Waals surface area contributed by atoms with Crippen molar-refractivity contribution in [2.45, 2.75) is 19.9 Å². The fourth-order valence-corrected chi connectivity index (χ4v) is 4.58. The summed E-state index contributed by atoms with van der Waals surface area (Å²) in [6.07, 6.45) is 0.609. The van der Waals surface area contributed by atoms with E-state index >= 15 is 0 Å². The van der Waals surface area contributed by atoms with Crippen molar-refractivity contribution in [2.24, 2.45) is 0 Å². The summed E-state index contributed by atoms with van der Waals surface area (Å²) >= 11 is 5.90. The number of aromatic nitrogens is 1. The number of hydrogen-bond donors (Lipinski definition) is 2. The summed E-state index contributed by atoms with van der Waals surface area (Å²) in [5, 5.41) is 27.5. The first-order chi connectivity index (χ1) is 17.3. The molecule has 0 fully saturated rings. The third-order valence-corrected chi connectivity index (χ3v) is 6.29. The summed E-state index contributed by atoms with van der Waals surface area (Å²) in [4.78, 5) is 23.9. The van der Waals surface area contributed by atoms with E-state index in [1.54, 1.807) is 18.2 Å². The monoisotopic (exact) mass is 511 g/mol. The molecule has 0 aliphatic heterocycles. The van der Waals surface area contributed by atoms with E-state index in [1.807, 2.05) is 35.8 Å². The molecule has 4 aromatic rings. The van der Waals surface area contributed by atoms with Crippen LogP contribution in [0.25, 0.3) is 21.7 Å². The van der Waals surface area contributed by atoms with Gasteiger partial charge >= 0.3 is 5.97 Å². The van der Waals surface area contributed by atoms with Gasteiger partial charge in [0.1, 0.15) is 18.0 Å². The minimum Gasteiger partial charge on any atom is -0.507 e. The molecule has 0 aliphatic rings. The molecule has 1 heterocycles. The Morgan fingerprint density at radius 1 is 1.14 bits per heavy atom. The number of carbonyl (C=O) groups is 1. The highest BCUT2D eigenvalue weighted by molar-refractivity contribution is 6.30. The number of aromatic hydroxyl groups is 1. The molecule has 0 saturated heterocycles. The lowest BCUT2D eigenvalue weighted by Gasteiger charge is -2.12. The molecule has 4 rings (SSSR count). The van der Waals surface area contributed by atoms with E-state index < -0.39 is 10.9 Å². The second-order valence-electron chi connectivity index (χ2n) is 8.28. The number of carbonyl (C=O) groups excluding carboxylic acids is 1. The number of fused-ring (bicyclic) bond motifs is 3. The molecule has 0 aliphatic carbocycles. The Hall–Kier alpha value is -3.82. The fraction of sp³-hybridized carbons (Fsp3) is 0.269. The first-order valence-electron chi connectivity index (χ1n) is 11.4. The number of phenols is 1. The van der Waals surface area contributed by atoms with E-state index in [-0.39, 0.29) is 24.7 Å². The molecule has 0 saturated carbocycles. The van der Waals surface area contributed by atoms with Crippen LogP contribution in [0.2, 0.25) is 5.02 Å². The van der Waals surface area contributed by atoms with Crippen molar-refractivity contribution in [3.05, 3.63) is 74.9 Å². The Morgan fingerprint density at radius 3 is 2.61 bits per heavy atom. The summed E-state index contributed by atoms with van der Waals surface area (Å²) in [6, 6.07) is 13.6. The van der Waals surface area contributed by atoms with Crippen molar-refractivity contribution in [3.8, 4) is 5.75 Å². The topological polar surface area (TPSA) is 116 Å². The number of hydrogen-bond acceptors (Lipinski definition) is 7. The van der Waals surface area contributed by atoms with E-state index in [4.69, 9.17) is 21.1 Å². The van der Waals surface area contributed by atoms with E-state index in [9.17, 15) is 20.0 Å². The van der Waals surface area contributed by atoms with Gasteiger partial charge in [0.2, 0.25) is 0 Å². The molecule has 0 atom stereocenters. The lowest BCUT2D eigenvalue weighted by Crippen LogP contribution is -2.12. The van der Waals surface area contributed by atoms with Crippen LogP contribution in [0.5, 0.6) is 5.75 Å². The number of benzene rings is 3. The van der Waals surface area contributed by atoms with Crippen molar-refractivity contribution in [1.29, 1.82) is 0 Å². The first-order valence-corrected chi connectivity index (χ1v) is 11.8. The maximum atomic E-state index is 13.0. The summed E-state index contributed by atoms with van der Waals surface area (Å²) < 4.78 is 12.4. The van der Waals surface area contributed by atoms with Crippen LogP contribution in [0.3, 0.4) is 0 Å². The Balaban J connectivity index is 1.67. The predicted octanol–water partition coefficient (Wildman–Crippen LogP) is 5.68. The molecule has 0 bridgehead atoms. The third kappa shape index (κ3) is 4.93. The van der Waals surface area contributed by atoms with Crippen LogP contribution in [0.4, 0.5) is 11.4 Å². The van der Waals surface area contributed by atoms with E-state index in [1.165, 1.54) is 13.2 Å². The Labute approximate surface area is 212 Å². The Kier molecular flexibility index (Phi) is 7.61. The molecular weight excluding hydrogens is 486 g/mol. The molecule has 36 heavy (non-hydrogen) atoms. The van der Waals surface area contributed by atoms with Gasteiger partial charge in [0, 0.05) is 53.1 Å². The molecule has 0 radical (unpaired) electrons. The van der Waals surface area contributed by atoms with Crippen molar-refractivity contribution >= 4 is 50.6 Å². The highest BCUT2D eigenvalue weighted by Crippen LogP contribution is 2.38. The normalized spacial score (nSPS) is 11.2. The number of nitro benzene ring substituents is 1. The smallest absolute Gasteiger partial charge is 0.340 e. The number of methoxy groups -OCH3 is 1. The maximum absolute atomic E-state index is 13.0. The number of phenolic OH excluding ortho intramolecular Hbond substituents is 1. The molecule has 1 aromatic heterocycles. The van der Waals surface area contributed by atoms with Crippen LogP contribution in [0.1, 0.15) is 22.5 Å². The van der Waals surface area contributed by atoms with Gasteiger partial charge in [-0.25, -0.2) is 4.79 Å². The molecular formula is C26H26ClN3O6. The molecule has 9 nitrogen and oxygen atoms in total.